The first-order valence-corrected chi connectivity index (χ1v) is 5.88. The molecule has 1 aromatic rings. The van der Waals surface area contributed by atoms with Gasteiger partial charge >= 0.3 is 0 Å². The predicted molar refractivity (Wildman–Crippen MR) is 58.5 cm³/mol. The Labute approximate surface area is 87.9 Å². The van der Waals surface area contributed by atoms with Crippen molar-refractivity contribution < 1.29 is 0 Å². The zero-order valence-corrected chi connectivity index (χ0v) is 9.18. The third kappa shape index (κ3) is 2.42. The minimum Gasteiger partial charge on any atom is -0.357 e. The second-order valence-corrected chi connectivity index (χ2v) is 5.08. The summed E-state index contributed by atoms with van der Waals surface area (Å²) < 4.78 is 0. The van der Waals surface area contributed by atoms with Crippen molar-refractivity contribution in [2.45, 2.75) is 44.7 Å². The van der Waals surface area contributed by atoms with Crippen molar-refractivity contribution in [3.05, 3.63) is 5.01 Å². The van der Waals surface area contributed by atoms with Crippen LogP contribution in [0, 0.1) is 6.92 Å². The number of hydrogen-bond donors (Lipinski definition) is 2. The van der Waals surface area contributed by atoms with Crippen LogP contribution in [0.4, 0.5) is 5.13 Å². The van der Waals surface area contributed by atoms with Gasteiger partial charge in [0.1, 0.15) is 5.01 Å². The second kappa shape index (κ2) is 4.23. The lowest BCUT2D eigenvalue weighted by atomic mass is 9.92. The molecule has 5 heteroatoms. The highest BCUT2D eigenvalue weighted by molar-refractivity contribution is 7.15. The molecule has 0 radical (unpaired) electrons. The van der Waals surface area contributed by atoms with Gasteiger partial charge in [0.15, 0.2) is 0 Å². The quantitative estimate of drug-likeness (QED) is 0.780. The van der Waals surface area contributed by atoms with Crippen LogP contribution >= 0.6 is 11.3 Å². The molecule has 0 amide bonds. The summed E-state index contributed by atoms with van der Waals surface area (Å²) in [7, 11) is 0. The Morgan fingerprint density at radius 2 is 2.29 bits per heavy atom. The first kappa shape index (κ1) is 9.86. The van der Waals surface area contributed by atoms with Crippen molar-refractivity contribution in [2.24, 2.45) is 5.73 Å². The molecular weight excluding hydrogens is 196 g/mol. The van der Waals surface area contributed by atoms with Crippen LogP contribution in [0.2, 0.25) is 0 Å². The Bertz CT molecular complexity index is 299. The molecule has 1 aliphatic rings. The van der Waals surface area contributed by atoms with E-state index in [0.717, 1.165) is 23.0 Å². The summed E-state index contributed by atoms with van der Waals surface area (Å²) >= 11 is 1.61. The van der Waals surface area contributed by atoms with Gasteiger partial charge in [-0.25, -0.2) is 0 Å². The van der Waals surface area contributed by atoms with E-state index in [2.05, 4.69) is 15.5 Å². The third-order valence-electron chi connectivity index (χ3n) is 2.57. The number of nitrogens with zero attached hydrogens (tertiary/aromatic N) is 2. The summed E-state index contributed by atoms with van der Waals surface area (Å²) in [5.74, 6) is 0. The largest absolute Gasteiger partial charge is 0.357 e. The Kier molecular flexibility index (Phi) is 2.98. The molecule has 0 bridgehead atoms. The normalized spacial score (nSPS) is 27.6. The topological polar surface area (TPSA) is 63.8 Å². The SMILES string of the molecule is Cc1nnc(NC2CCCC(N)C2)s1. The fourth-order valence-electron chi connectivity index (χ4n) is 1.89. The maximum Gasteiger partial charge on any atom is 0.205 e. The van der Waals surface area contributed by atoms with Crippen LogP contribution in [0.25, 0.3) is 0 Å². The fourth-order valence-corrected chi connectivity index (χ4v) is 2.56. The van der Waals surface area contributed by atoms with Gasteiger partial charge < -0.3 is 11.1 Å². The van der Waals surface area contributed by atoms with Gasteiger partial charge in [0.05, 0.1) is 0 Å². The lowest BCUT2D eigenvalue weighted by molar-refractivity contribution is 0.409. The Morgan fingerprint density at radius 1 is 1.43 bits per heavy atom. The lowest BCUT2D eigenvalue weighted by Gasteiger charge is -2.26. The molecule has 1 heterocycles. The van der Waals surface area contributed by atoms with Crippen LogP contribution in [0.5, 0.6) is 0 Å². The molecular formula is C9H16N4S. The highest BCUT2D eigenvalue weighted by Gasteiger charge is 2.19. The summed E-state index contributed by atoms with van der Waals surface area (Å²) in [4.78, 5) is 0. The van der Waals surface area contributed by atoms with Crippen LogP contribution in [0.3, 0.4) is 0 Å². The average Bonchev–Trinajstić information content (AvgIpc) is 2.51. The van der Waals surface area contributed by atoms with E-state index >= 15 is 0 Å². The van der Waals surface area contributed by atoms with Gasteiger partial charge in [-0.15, -0.1) is 10.2 Å². The molecule has 2 unspecified atom stereocenters. The Hall–Kier alpha value is -0.680. The number of rotatable bonds is 2. The van der Waals surface area contributed by atoms with E-state index < -0.39 is 0 Å². The van der Waals surface area contributed by atoms with Crippen molar-refractivity contribution in [3.8, 4) is 0 Å². The van der Waals surface area contributed by atoms with E-state index in [1.54, 1.807) is 11.3 Å². The predicted octanol–water partition coefficient (Wildman–Crippen LogP) is 1.53. The van der Waals surface area contributed by atoms with Crippen molar-refractivity contribution in [2.75, 3.05) is 5.32 Å². The molecule has 1 aliphatic carbocycles. The van der Waals surface area contributed by atoms with Gasteiger partial charge in [-0.05, 0) is 32.6 Å². The van der Waals surface area contributed by atoms with E-state index in [1.165, 1.54) is 12.8 Å². The Morgan fingerprint density at radius 3 is 2.93 bits per heavy atom. The molecule has 14 heavy (non-hydrogen) atoms. The fraction of sp³-hybridized carbons (Fsp3) is 0.778. The molecule has 2 atom stereocenters. The smallest absolute Gasteiger partial charge is 0.205 e. The molecule has 4 nitrogen and oxygen atoms in total. The maximum atomic E-state index is 5.91. The van der Waals surface area contributed by atoms with E-state index in [1.807, 2.05) is 6.92 Å². The van der Waals surface area contributed by atoms with Gasteiger partial charge in [-0.2, -0.15) is 0 Å². The van der Waals surface area contributed by atoms with E-state index in [4.69, 9.17) is 5.73 Å². The zero-order valence-electron chi connectivity index (χ0n) is 8.36. The number of anilines is 1. The van der Waals surface area contributed by atoms with E-state index in [-0.39, 0.29) is 0 Å². The number of hydrogen-bond acceptors (Lipinski definition) is 5. The van der Waals surface area contributed by atoms with Gasteiger partial charge in [-0.3, -0.25) is 0 Å². The van der Waals surface area contributed by atoms with Crippen molar-refractivity contribution in [1.29, 1.82) is 0 Å². The first-order chi connectivity index (χ1) is 6.74. The van der Waals surface area contributed by atoms with Crippen LogP contribution < -0.4 is 11.1 Å². The summed E-state index contributed by atoms with van der Waals surface area (Å²) in [6.07, 6.45) is 4.63. The molecule has 2 rings (SSSR count). The molecule has 0 aliphatic heterocycles. The zero-order chi connectivity index (χ0) is 9.97. The number of aryl methyl sites for hydroxylation is 1. The molecule has 1 aromatic heterocycles. The van der Waals surface area contributed by atoms with Crippen LogP contribution in [0.15, 0.2) is 0 Å². The minimum absolute atomic E-state index is 0.357. The van der Waals surface area contributed by atoms with E-state index in [9.17, 15) is 0 Å². The monoisotopic (exact) mass is 212 g/mol. The molecule has 1 fully saturated rings. The number of nitrogens with two attached hydrogens (primary N) is 1. The summed E-state index contributed by atoms with van der Waals surface area (Å²) in [6.45, 7) is 1.97. The summed E-state index contributed by atoms with van der Waals surface area (Å²) in [5.41, 5.74) is 5.91. The van der Waals surface area contributed by atoms with Crippen LogP contribution in [-0.4, -0.2) is 22.3 Å². The van der Waals surface area contributed by atoms with Gasteiger partial charge in [-0.1, -0.05) is 11.3 Å². The number of aromatic nitrogens is 2. The summed E-state index contributed by atoms with van der Waals surface area (Å²) in [6, 6.07) is 0.848. The molecule has 0 aromatic carbocycles. The molecule has 0 spiro atoms. The van der Waals surface area contributed by atoms with Gasteiger partial charge in [0, 0.05) is 12.1 Å². The highest BCUT2D eigenvalue weighted by atomic mass is 32.1. The molecule has 0 saturated heterocycles. The summed E-state index contributed by atoms with van der Waals surface area (Å²) in [5, 5.41) is 13.4. The highest BCUT2D eigenvalue weighted by Crippen LogP contribution is 2.22. The molecule has 78 valence electrons. The first-order valence-electron chi connectivity index (χ1n) is 5.06. The van der Waals surface area contributed by atoms with E-state index in [0.29, 0.717) is 12.1 Å². The third-order valence-corrected chi connectivity index (χ3v) is 3.34. The van der Waals surface area contributed by atoms with Gasteiger partial charge in [0.25, 0.3) is 0 Å². The minimum atomic E-state index is 0.357. The standard InChI is InChI=1S/C9H16N4S/c1-6-12-13-9(14-6)11-8-4-2-3-7(10)5-8/h7-8H,2-5,10H2,1H3,(H,11,13). The van der Waals surface area contributed by atoms with Crippen LogP contribution in [-0.2, 0) is 0 Å². The lowest BCUT2D eigenvalue weighted by Crippen LogP contribution is -2.34. The molecule has 3 N–H and O–H groups in total. The van der Waals surface area contributed by atoms with Crippen molar-refractivity contribution in [1.82, 2.24) is 10.2 Å². The number of nitrogens with one attached hydrogen (secondary N) is 1. The maximum absolute atomic E-state index is 5.91. The van der Waals surface area contributed by atoms with Crippen LogP contribution in [0.1, 0.15) is 30.7 Å². The Balaban J connectivity index is 1.90. The average molecular weight is 212 g/mol. The van der Waals surface area contributed by atoms with Crippen molar-refractivity contribution >= 4 is 16.5 Å². The second-order valence-electron chi connectivity index (χ2n) is 3.89. The molecule has 1 saturated carbocycles. The van der Waals surface area contributed by atoms with Gasteiger partial charge in [0.2, 0.25) is 5.13 Å². The van der Waals surface area contributed by atoms with Crippen molar-refractivity contribution in [3.63, 3.8) is 0 Å².